The number of fused-ring (bicyclic) bond motifs is 1. The van der Waals surface area contributed by atoms with Crippen LogP contribution in [0.2, 0.25) is 0 Å². The molecule has 0 fully saturated rings. The zero-order valence-electron chi connectivity index (χ0n) is 15.2. The van der Waals surface area contributed by atoms with Gasteiger partial charge >= 0.3 is 0 Å². The fraction of sp³-hybridized carbons (Fsp3) is 0.273. The Morgan fingerprint density at radius 3 is 2.77 bits per heavy atom. The minimum absolute atomic E-state index is 0.0748. The highest BCUT2D eigenvalue weighted by molar-refractivity contribution is 5.95. The molecule has 2 heterocycles. The first-order valence-corrected chi connectivity index (χ1v) is 9.03. The molecule has 1 aliphatic rings. The number of nitrogens with zero attached hydrogens (tertiary/aromatic N) is 2. The molecule has 3 aromatic rings. The van der Waals surface area contributed by atoms with Crippen LogP contribution in [0.25, 0.3) is 11.5 Å². The van der Waals surface area contributed by atoms with Crippen LogP contribution in [0.1, 0.15) is 29.0 Å². The van der Waals surface area contributed by atoms with Crippen molar-refractivity contribution in [3.63, 3.8) is 0 Å². The monoisotopic (exact) mass is 346 g/mol. The van der Waals surface area contributed by atoms with Gasteiger partial charge in [-0.25, -0.2) is 4.98 Å². The van der Waals surface area contributed by atoms with Crippen molar-refractivity contribution in [3.8, 4) is 11.5 Å². The summed E-state index contributed by atoms with van der Waals surface area (Å²) in [5, 5.41) is 0. The second kappa shape index (κ2) is 6.79. The highest BCUT2D eigenvalue weighted by Gasteiger charge is 2.24. The minimum Gasteiger partial charge on any atom is -0.441 e. The van der Waals surface area contributed by atoms with Gasteiger partial charge in [0.2, 0.25) is 11.8 Å². The van der Waals surface area contributed by atoms with E-state index in [4.69, 9.17) is 4.42 Å². The molecule has 1 amide bonds. The molecule has 1 aromatic heterocycles. The number of benzene rings is 2. The number of carbonyl (C=O) groups excluding carboxylic acids is 1. The summed E-state index contributed by atoms with van der Waals surface area (Å²) < 4.78 is 5.79. The van der Waals surface area contributed by atoms with E-state index < -0.39 is 0 Å². The number of carbonyl (C=O) groups is 1. The summed E-state index contributed by atoms with van der Waals surface area (Å²) >= 11 is 0. The third-order valence-corrected chi connectivity index (χ3v) is 4.89. The highest BCUT2D eigenvalue weighted by Crippen LogP contribution is 2.29. The third-order valence-electron chi connectivity index (χ3n) is 4.89. The molecule has 4 rings (SSSR count). The quantitative estimate of drug-likeness (QED) is 0.702. The standard InChI is InChI=1S/C22H22N2O2/c1-15-10-11-20-18(13-15)9-6-12-24(20)21(25)14-19-16(2)26-22(23-19)17-7-4-3-5-8-17/h3-5,7-8,10-11,13H,6,9,12,14H2,1-2H3. The minimum atomic E-state index is 0.0748. The van der Waals surface area contributed by atoms with Crippen LogP contribution >= 0.6 is 0 Å². The number of rotatable bonds is 3. The van der Waals surface area contributed by atoms with Crippen LogP contribution in [-0.4, -0.2) is 17.4 Å². The lowest BCUT2D eigenvalue weighted by Gasteiger charge is -2.29. The van der Waals surface area contributed by atoms with Crippen molar-refractivity contribution in [3.05, 3.63) is 71.1 Å². The summed E-state index contributed by atoms with van der Waals surface area (Å²) in [5.74, 6) is 1.35. The van der Waals surface area contributed by atoms with Gasteiger partial charge in [0.1, 0.15) is 5.76 Å². The van der Waals surface area contributed by atoms with Gasteiger partial charge in [0.15, 0.2) is 0 Å². The van der Waals surface area contributed by atoms with Crippen molar-refractivity contribution in [1.82, 2.24) is 4.98 Å². The fourth-order valence-electron chi connectivity index (χ4n) is 3.52. The third kappa shape index (κ3) is 3.15. The van der Waals surface area contributed by atoms with Crippen molar-refractivity contribution in [2.75, 3.05) is 11.4 Å². The number of amides is 1. The summed E-state index contributed by atoms with van der Waals surface area (Å²) in [6, 6.07) is 16.1. The summed E-state index contributed by atoms with van der Waals surface area (Å²) in [6.07, 6.45) is 2.28. The van der Waals surface area contributed by atoms with Gasteiger partial charge in [-0.05, 0) is 50.5 Å². The van der Waals surface area contributed by atoms with Crippen LogP contribution in [0.4, 0.5) is 5.69 Å². The van der Waals surface area contributed by atoms with E-state index in [0.717, 1.165) is 30.6 Å². The van der Waals surface area contributed by atoms with E-state index in [1.807, 2.05) is 42.2 Å². The molecule has 0 atom stereocenters. The normalized spacial score (nSPS) is 13.5. The molecule has 0 bridgehead atoms. The molecule has 0 saturated carbocycles. The molecule has 132 valence electrons. The van der Waals surface area contributed by atoms with Crippen LogP contribution in [0.15, 0.2) is 52.9 Å². The summed E-state index contributed by atoms with van der Waals surface area (Å²) in [4.78, 5) is 19.4. The highest BCUT2D eigenvalue weighted by atomic mass is 16.4. The predicted octanol–water partition coefficient (Wildman–Crippen LogP) is 4.48. The van der Waals surface area contributed by atoms with Gasteiger partial charge in [-0.3, -0.25) is 4.79 Å². The Balaban J connectivity index is 1.57. The van der Waals surface area contributed by atoms with E-state index in [0.29, 0.717) is 17.3 Å². The molecular weight excluding hydrogens is 324 g/mol. The Hall–Kier alpha value is -2.88. The van der Waals surface area contributed by atoms with E-state index in [2.05, 4.69) is 30.1 Å². The van der Waals surface area contributed by atoms with Crippen LogP contribution in [-0.2, 0) is 17.6 Å². The Labute approximate surface area is 153 Å². The summed E-state index contributed by atoms with van der Waals surface area (Å²) in [6.45, 7) is 4.72. The molecule has 4 nitrogen and oxygen atoms in total. The molecule has 26 heavy (non-hydrogen) atoms. The Morgan fingerprint density at radius 1 is 1.15 bits per heavy atom. The van der Waals surface area contributed by atoms with E-state index in [9.17, 15) is 4.79 Å². The zero-order chi connectivity index (χ0) is 18.1. The molecule has 0 unspecified atom stereocenters. The summed E-state index contributed by atoms with van der Waals surface area (Å²) in [5.41, 5.74) is 5.17. The molecule has 1 aliphatic heterocycles. The lowest BCUT2D eigenvalue weighted by molar-refractivity contribution is -0.118. The molecule has 4 heteroatoms. The van der Waals surface area contributed by atoms with Crippen molar-refractivity contribution in [2.24, 2.45) is 0 Å². The molecule has 0 N–H and O–H groups in total. The maximum atomic E-state index is 13.0. The largest absolute Gasteiger partial charge is 0.441 e. The Morgan fingerprint density at radius 2 is 1.96 bits per heavy atom. The van der Waals surface area contributed by atoms with Gasteiger partial charge in [0.25, 0.3) is 0 Å². The van der Waals surface area contributed by atoms with Crippen molar-refractivity contribution in [1.29, 1.82) is 0 Å². The average Bonchev–Trinajstić information content (AvgIpc) is 3.02. The van der Waals surface area contributed by atoms with Gasteiger partial charge in [-0.2, -0.15) is 0 Å². The second-order valence-corrected chi connectivity index (χ2v) is 6.85. The van der Waals surface area contributed by atoms with E-state index in [-0.39, 0.29) is 12.3 Å². The second-order valence-electron chi connectivity index (χ2n) is 6.85. The number of anilines is 1. The van der Waals surface area contributed by atoms with Crippen molar-refractivity contribution in [2.45, 2.75) is 33.1 Å². The molecule has 0 radical (unpaired) electrons. The number of aryl methyl sites for hydroxylation is 3. The maximum absolute atomic E-state index is 13.0. The molecule has 0 saturated heterocycles. The van der Waals surface area contributed by atoms with Crippen LogP contribution < -0.4 is 4.90 Å². The van der Waals surface area contributed by atoms with E-state index >= 15 is 0 Å². The molecule has 0 aliphatic carbocycles. The Bertz CT molecular complexity index is 944. The van der Waals surface area contributed by atoms with Gasteiger partial charge < -0.3 is 9.32 Å². The average molecular weight is 346 g/mol. The summed E-state index contributed by atoms with van der Waals surface area (Å²) in [7, 11) is 0. The maximum Gasteiger partial charge on any atom is 0.233 e. The van der Waals surface area contributed by atoms with E-state index in [1.165, 1.54) is 11.1 Å². The molecule has 2 aromatic carbocycles. The molecule has 0 spiro atoms. The van der Waals surface area contributed by atoms with Crippen LogP contribution in [0.5, 0.6) is 0 Å². The van der Waals surface area contributed by atoms with Gasteiger partial charge in [-0.1, -0.05) is 35.9 Å². The molecular formula is C22H22N2O2. The van der Waals surface area contributed by atoms with Gasteiger partial charge in [-0.15, -0.1) is 0 Å². The zero-order valence-corrected chi connectivity index (χ0v) is 15.2. The van der Waals surface area contributed by atoms with Crippen molar-refractivity contribution < 1.29 is 9.21 Å². The smallest absolute Gasteiger partial charge is 0.233 e. The lowest BCUT2D eigenvalue weighted by Crippen LogP contribution is -2.36. The first-order valence-electron chi connectivity index (χ1n) is 9.03. The number of hydrogen-bond donors (Lipinski definition) is 0. The number of hydrogen-bond acceptors (Lipinski definition) is 3. The van der Waals surface area contributed by atoms with Gasteiger partial charge in [0, 0.05) is 17.8 Å². The van der Waals surface area contributed by atoms with Crippen molar-refractivity contribution >= 4 is 11.6 Å². The predicted molar refractivity (Wildman–Crippen MR) is 102 cm³/mol. The first-order chi connectivity index (χ1) is 12.6. The SMILES string of the molecule is Cc1ccc2c(c1)CCCN2C(=O)Cc1nc(-c2ccccc2)oc1C. The topological polar surface area (TPSA) is 46.3 Å². The number of oxazole rings is 1. The Kier molecular flexibility index (Phi) is 4.33. The van der Waals surface area contributed by atoms with Gasteiger partial charge in [0.05, 0.1) is 12.1 Å². The van der Waals surface area contributed by atoms with E-state index in [1.54, 1.807) is 0 Å². The van der Waals surface area contributed by atoms with Crippen LogP contribution in [0.3, 0.4) is 0 Å². The first kappa shape index (κ1) is 16.6. The van der Waals surface area contributed by atoms with Crippen LogP contribution in [0, 0.1) is 13.8 Å². The number of aromatic nitrogens is 1. The fourth-order valence-corrected chi connectivity index (χ4v) is 3.52. The lowest BCUT2D eigenvalue weighted by atomic mass is 9.99.